The van der Waals surface area contributed by atoms with Gasteiger partial charge in [-0.25, -0.2) is 27.8 Å². The van der Waals surface area contributed by atoms with E-state index in [0.717, 1.165) is 31.1 Å². The van der Waals surface area contributed by atoms with E-state index in [1.54, 1.807) is 31.3 Å². The van der Waals surface area contributed by atoms with E-state index in [0.29, 0.717) is 34.6 Å². The highest BCUT2D eigenvalue weighted by Gasteiger charge is 2.26. The third kappa shape index (κ3) is 6.19. The predicted molar refractivity (Wildman–Crippen MR) is 144 cm³/mol. The fraction of sp³-hybridized carbons (Fsp3) is 0.480. The van der Waals surface area contributed by atoms with Gasteiger partial charge in [0, 0.05) is 23.7 Å². The number of nitrogens with zero attached hydrogens (tertiary/aromatic N) is 3. The van der Waals surface area contributed by atoms with E-state index >= 15 is 4.39 Å². The van der Waals surface area contributed by atoms with Crippen LogP contribution in [0.4, 0.5) is 16.0 Å². The van der Waals surface area contributed by atoms with Crippen LogP contribution in [-0.2, 0) is 15.4 Å². The van der Waals surface area contributed by atoms with Crippen LogP contribution in [0.3, 0.4) is 0 Å². The monoisotopic (exact) mass is 532 g/mol. The molecule has 11 heteroatoms. The summed E-state index contributed by atoms with van der Waals surface area (Å²) in [6.07, 6.45) is 3.23. The molecule has 1 aliphatic heterocycles. The average Bonchev–Trinajstić information content (AvgIpc) is 3.49. The molecule has 0 aliphatic carbocycles. The number of nitrogens with one attached hydrogen (secondary N) is 3. The molecule has 1 aromatic carbocycles. The SMILES string of the molecule is CCCS(=O)(=O)Nc1cccc(-c2nc(C(C)(C)C)sc2-c2ccnc(NC[C@@H]3CCNC3)n2)c1F. The number of halogens is 1. The van der Waals surface area contributed by atoms with Gasteiger partial charge in [-0.05, 0) is 50.0 Å². The number of rotatable bonds is 9. The fourth-order valence-electron chi connectivity index (χ4n) is 3.97. The normalized spacial score (nSPS) is 16.3. The molecule has 8 nitrogen and oxygen atoms in total. The lowest BCUT2D eigenvalue weighted by atomic mass is 9.98. The third-order valence-electron chi connectivity index (χ3n) is 5.86. The molecule has 2 aromatic heterocycles. The van der Waals surface area contributed by atoms with Gasteiger partial charge in [-0.15, -0.1) is 11.3 Å². The van der Waals surface area contributed by atoms with Crippen molar-refractivity contribution in [3.63, 3.8) is 0 Å². The van der Waals surface area contributed by atoms with E-state index in [1.165, 1.54) is 17.4 Å². The van der Waals surface area contributed by atoms with Crippen LogP contribution in [0.25, 0.3) is 21.8 Å². The van der Waals surface area contributed by atoms with Crippen LogP contribution in [0.15, 0.2) is 30.5 Å². The van der Waals surface area contributed by atoms with Crippen LogP contribution >= 0.6 is 11.3 Å². The summed E-state index contributed by atoms with van der Waals surface area (Å²) in [6.45, 7) is 10.7. The maximum absolute atomic E-state index is 15.7. The van der Waals surface area contributed by atoms with E-state index in [1.807, 2.05) is 20.8 Å². The van der Waals surface area contributed by atoms with E-state index in [4.69, 9.17) is 9.97 Å². The summed E-state index contributed by atoms with van der Waals surface area (Å²) in [4.78, 5) is 14.6. The van der Waals surface area contributed by atoms with E-state index in [-0.39, 0.29) is 22.4 Å². The number of thiazole rings is 1. The summed E-state index contributed by atoms with van der Waals surface area (Å²) in [5, 5.41) is 7.50. The molecule has 1 aliphatic rings. The van der Waals surface area contributed by atoms with Crippen molar-refractivity contribution in [3.05, 3.63) is 41.3 Å². The van der Waals surface area contributed by atoms with Crippen molar-refractivity contribution in [2.45, 2.75) is 46.0 Å². The first kappa shape index (κ1) is 26.4. The molecule has 4 rings (SSSR count). The Morgan fingerprint density at radius 2 is 2.03 bits per heavy atom. The van der Waals surface area contributed by atoms with Crippen LogP contribution in [0.5, 0.6) is 0 Å². The lowest BCUT2D eigenvalue weighted by Crippen LogP contribution is -2.18. The minimum atomic E-state index is -3.65. The van der Waals surface area contributed by atoms with Crippen LogP contribution in [0.2, 0.25) is 0 Å². The number of hydrogen-bond acceptors (Lipinski definition) is 8. The van der Waals surface area contributed by atoms with Gasteiger partial charge in [0.1, 0.15) is 0 Å². The molecule has 0 radical (unpaired) electrons. The van der Waals surface area contributed by atoms with Crippen molar-refractivity contribution < 1.29 is 12.8 Å². The zero-order valence-corrected chi connectivity index (χ0v) is 22.7. The second-order valence-corrected chi connectivity index (χ2v) is 12.9. The van der Waals surface area contributed by atoms with Crippen molar-refractivity contribution in [2.24, 2.45) is 5.92 Å². The number of sulfonamides is 1. The zero-order valence-electron chi connectivity index (χ0n) is 21.1. The second kappa shape index (κ2) is 10.8. The van der Waals surface area contributed by atoms with Gasteiger partial charge in [0.15, 0.2) is 5.82 Å². The molecule has 1 fully saturated rings. The van der Waals surface area contributed by atoms with Gasteiger partial charge in [-0.3, -0.25) is 4.72 Å². The van der Waals surface area contributed by atoms with Gasteiger partial charge in [-0.2, -0.15) is 0 Å². The number of hydrogen-bond donors (Lipinski definition) is 3. The van der Waals surface area contributed by atoms with Crippen molar-refractivity contribution in [1.82, 2.24) is 20.3 Å². The highest BCUT2D eigenvalue weighted by molar-refractivity contribution is 7.92. The van der Waals surface area contributed by atoms with Crippen molar-refractivity contribution in [3.8, 4) is 21.8 Å². The minimum Gasteiger partial charge on any atom is -0.354 e. The van der Waals surface area contributed by atoms with Crippen molar-refractivity contribution >= 4 is 33.0 Å². The first-order valence-electron chi connectivity index (χ1n) is 12.2. The molecule has 1 atom stereocenters. The third-order valence-corrected chi connectivity index (χ3v) is 8.84. The molecule has 3 heterocycles. The van der Waals surface area contributed by atoms with E-state index in [2.05, 4.69) is 20.3 Å². The molecule has 0 unspecified atom stereocenters. The fourth-order valence-corrected chi connectivity index (χ4v) is 6.21. The number of benzene rings is 1. The second-order valence-electron chi connectivity index (χ2n) is 10.0. The molecule has 194 valence electrons. The Labute approximate surface area is 216 Å². The van der Waals surface area contributed by atoms with Gasteiger partial charge in [-0.1, -0.05) is 33.8 Å². The smallest absolute Gasteiger partial charge is 0.232 e. The molecule has 0 amide bonds. The van der Waals surface area contributed by atoms with Crippen LogP contribution < -0.4 is 15.4 Å². The topological polar surface area (TPSA) is 109 Å². The highest BCUT2D eigenvalue weighted by Crippen LogP contribution is 2.42. The Kier molecular flexibility index (Phi) is 7.91. The maximum Gasteiger partial charge on any atom is 0.232 e. The van der Waals surface area contributed by atoms with Gasteiger partial charge in [0.2, 0.25) is 16.0 Å². The summed E-state index contributed by atoms with van der Waals surface area (Å²) in [5.74, 6) is 0.292. The summed E-state index contributed by atoms with van der Waals surface area (Å²) in [7, 11) is -3.65. The van der Waals surface area contributed by atoms with Gasteiger partial charge in [0.05, 0.1) is 32.7 Å². The molecule has 36 heavy (non-hydrogen) atoms. The van der Waals surface area contributed by atoms with E-state index in [9.17, 15) is 8.42 Å². The quantitative estimate of drug-likeness (QED) is 0.360. The maximum atomic E-state index is 15.7. The van der Waals surface area contributed by atoms with Crippen molar-refractivity contribution in [1.29, 1.82) is 0 Å². The first-order valence-corrected chi connectivity index (χ1v) is 14.6. The Hall–Kier alpha value is -2.63. The lowest BCUT2D eigenvalue weighted by molar-refractivity contribution is 0.585. The van der Waals surface area contributed by atoms with Gasteiger partial charge >= 0.3 is 0 Å². The zero-order chi connectivity index (χ0) is 25.9. The molecule has 0 bridgehead atoms. The summed E-state index contributed by atoms with van der Waals surface area (Å²) in [6, 6.07) is 6.46. The largest absolute Gasteiger partial charge is 0.354 e. The van der Waals surface area contributed by atoms with Crippen LogP contribution in [0.1, 0.15) is 45.5 Å². The summed E-state index contributed by atoms with van der Waals surface area (Å²) < 4.78 is 42.7. The minimum absolute atomic E-state index is 0.0829. The molecule has 3 aromatic rings. The highest BCUT2D eigenvalue weighted by atomic mass is 32.2. The molecule has 1 saturated heterocycles. The summed E-state index contributed by atoms with van der Waals surface area (Å²) in [5.41, 5.74) is 0.934. The van der Waals surface area contributed by atoms with Gasteiger partial charge in [0.25, 0.3) is 0 Å². The average molecular weight is 533 g/mol. The van der Waals surface area contributed by atoms with E-state index < -0.39 is 15.8 Å². The molecular weight excluding hydrogens is 499 g/mol. The molecular formula is C25H33FN6O2S2. The first-order chi connectivity index (χ1) is 17.1. The van der Waals surface area contributed by atoms with Gasteiger partial charge < -0.3 is 10.6 Å². The lowest BCUT2D eigenvalue weighted by Gasteiger charge is -2.13. The van der Waals surface area contributed by atoms with Crippen LogP contribution in [0, 0.1) is 11.7 Å². The Bertz CT molecular complexity index is 1310. The number of anilines is 2. The standard InChI is InChI=1S/C25H33FN6O2S2/c1-5-13-36(33,34)32-18-8-6-7-17(20(18)26)21-22(35-23(31-21)25(2,3)4)19-10-12-28-24(30-19)29-15-16-9-11-27-14-16/h6-8,10,12,16,27,32H,5,9,11,13-15H2,1-4H3,(H,28,29,30)/t16-/m1/s1. The number of aromatic nitrogens is 3. The Morgan fingerprint density at radius 3 is 2.72 bits per heavy atom. The van der Waals surface area contributed by atoms with Crippen molar-refractivity contribution in [2.75, 3.05) is 35.4 Å². The predicted octanol–water partition coefficient (Wildman–Crippen LogP) is 4.88. The molecule has 0 saturated carbocycles. The Balaban J connectivity index is 1.73. The Morgan fingerprint density at radius 1 is 1.22 bits per heavy atom. The molecule has 0 spiro atoms. The summed E-state index contributed by atoms with van der Waals surface area (Å²) >= 11 is 1.46. The van der Waals surface area contributed by atoms with Crippen LogP contribution in [-0.4, -0.2) is 48.8 Å². The molecule has 3 N–H and O–H groups in total.